The number of rotatable bonds is 27. The molecular weight excluding hydrogens is 1590 g/mol. The molecule has 1 saturated heterocycles. The van der Waals surface area contributed by atoms with Crippen LogP contribution >= 0.6 is 0 Å². The number of aliphatic carboxylic acids is 1. The van der Waals surface area contributed by atoms with Crippen molar-refractivity contribution in [1.29, 1.82) is 5.26 Å². The largest absolute Gasteiger partial charge is 0.503 e. The molecule has 0 spiro atoms. The van der Waals surface area contributed by atoms with Gasteiger partial charge >= 0.3 is 30.0 Å². The molecule has 0 bridgehead atoms. The summed E-state index contributed by atoms with van der Waals surface area (Å²) in [4.78, 5) is 111. The summed E-state index contributed by atoms with van der Waals surface area (Å²) in [6.07, 6.45) is 26.0. The van der Waals surface area contributed by atoms with Crippen LogP contribution in [0.15, 0.2) is 29.2 Å². The lowest BCUT2D eigenvalue weighted by Gasteiger charge is -2.55. The van der Waals surface area contributed by atoms with Crippen molar-refractivity contribution in [2.45, 2.75) is 373 Å². The molecule has 125 heavy (non-hydrogen) atoms. The average molecular weight is 1760 g/mol. The van der Waals surface area contributed by atoms with Gasteiger partial charge in [0.1, 0.15) is 46.5 Å². The molecule has 1 aromatic heterocycles. The number of Topliss-reactive ketones (excluding diaryl/α,β-unsaturated/α-hetero) is 1. The third kappa shape index (κ3) is 42.0. The quantitative estimate of drug-likeness (QED) is 0.0189. The molecule has 0 unspecified atom stereocenters. The minimum Gasteiger partial charge on any atom is -0.503 e. The Bertz CT molecular complexity index is 3740. The number of carbonyl (C=O) groups is 8. The number of nitrogens with one attached hydrogen (secondary N) is 4. The number of aldehydes is 1. The SMILES string of the molecule is CC(C)(C)OC(=O)C[C@H]1CCC[C@H]1C#N.CC(C)(C)OC(=O)C[C@H]1CCC[C@H]1C(=O)O.CC(C)C=O.CC(C)CN1C[C@@H]2CCCC[C@@H]2N2C(=O)c3c(O)c(=O)c(C(=O)CCc4ccc(F)cc4F)cn3C[C@@H]12.CC(C)CNC[C@@H]1CCCC[C@@H]1N.CC(C)CNC[C@@H]1CCCC[C@@H]1NC(=O)OC(C)(C)C.CC(C)CNC[C@@H]1CCC[C@@H]1CC(=O)OC(C)(C)C. The van der Waals surface area contributed by atoms with Gasteiger partial charge in [-0.3, -0.25) is 38.5 Å². The Morgan fingerprint density at radius 3 is 1.56 bits per heavy atom. The molecule has 26 heteroatoms. The summed E-state index contributed by atoms with van der Waals surface area (Å²) in [6, 6.07) is 6.19. The molecule has 10 rings (SSSR count). The average Bonchev–Trinajstić information content (AvgIpc) is 0.871. The van der Waals surface area contributed by atoms with Gasteiger partial charge in [-0.2, -0.15) is 5.26 Å². The number of carboxylic acids is 1. The number of aryl methyl sites for hydroxylation is 1. The summed E-state index contributed by atoms with van der Waals surface area (Å²) in [7, 11) is 0. The van der Waals surface area contributed by atoms with Crippen LogP contribution in [-0.2, 0) is 55.9 Å². The van der Waals surface area contributed by atoms with Crippen molar-refractivity contribution in [3.8, 4) is 11.8 Å². The molecule has 8 aliphatic rings. The first-order valence-corrected chi connectivity index (χ1v) is 47.5. The van der Waals surface area contributed by atoms with Crippen LogP contribution in [0.3, 0.4) is 0 Å². The normalized spacial score (nSPS) is 24.2. The maximum atomic E-state index is 14.0. The van der Waals surface area contributed by atoms with E-state index >= 15 is 0 Å². The molecule has 3 heterocycles. The molecule has 2 amide bonds. The number of benzene rings is 1. The number of ketones is 1. The van der Waals surface area contributed by atoms with Crippen molar-refractivity contribution < 1.29 is 76.3 Å². The van der Waals surface area contributed by atoms with Crippen LogP contribution in [0.5, 0.6) is 5.75 Å². The highest BCUT2D eigenvalue weighted by atomic mass is 19.1. The second-order valence-electron chi connectivity index (χ2n) is 42.5. The number of aromatic nitrogens is 1. The number of alkyl carbamates (subject to hydrolysis) is 1. The number of hydrogen-bond donors (Lipinski definition) is 7. The van der Waals surface area contributed by atoms with E-state index in [0.717, 1.165) is 147 Å². The van der Waals surface area contributed by atoms with E-state index in [1.54, 1.807) is 4.57 Å². The van der Waals surface area contributed by atoms with Crippen molar-refractivity contribution >= 4 is 47.9 Å². The van der Waals surface area contributed by atoms with E-state index in [1.165, 1.54) is 76.5 Å². The number of halogens is 2. The van der Waals surface area contributed by atoms with Crippen LogP contribution < -0.4 is 32.4 Å². The number of aromatic hydroxyl groups is 1. The number of pyridine rings is 1. The topological polar surface area (TPSA) is 340 Å². The molecule has 13 atom stereocenters. The monoisotopic (exact) mass is 1760 g/mol. The maximum Gasteiger partial charge on any atom is 0.407 e. The fourth-order valence-electron chi connectivity index (χ4n) is 18.1. The number of nitrogens with zero attached hydrogens (tertiary/aromatic N) is 4. The van der Waals surface area contributed by atoms with Gasteiger partial charge in [0.25, 0.3) is 5.91 Å². The molecule has 6 saturated carbocycles. The molecule has 24 nitrogen and oxygen atoms in total. The van der Waals surface area contributed by atoms with Gasteiger partial charge in [0.05, 0.1) is 24.1 Å². The fraction of sp³-hybridized carbons (Fsp3) is 0.798. The zero-order valence-electron chi connectivity index (χ0n) is 80.9. The van der Waals surface area contributed by atoms with E-state index in [2.05, 4.69) is 87.6 Å². The summed E-state index contributed by atoms with van der Waals surface area (Å²) in [5.74, 6) is 0.917. The van der Waals surface area contributed by atoms with Gasteiger partial charge in [-0.15, -0.1) is 0 Å². The van der Waals surface area contributed by atoms with E-state index in [9.17, 15) is 57.0 Å². The van der Waals surface area contributed by atoms with Crippen LogP contribution in [0.2, 0.25) is 0 Å². The zero-order chi connectivity index (χ0) is 93.9. The number of hydrogen-bond acceptors (Lipinski definition) is 20. The lowest BCUT2D eigenvalue weighted by atomic mass is 9.80. The molecular formula is C99H167F2N9O15. The van der Waals surface area contributed by atoms with Gasteiger partial charge in [0, 0.05) is 81.0 Å². The highest BCUT2D eigenvalue weighted by molar-refractivity contribution is 6.00. The van der Waals surface area contributed by atoms with Crippen LogP contribution in [0.1, 0.15) is 339 Å². The van der Waals surface area contributed by atoms with E-state index in [0.29, 0.717) is 73.3 Å². The molecule has 2 aliphatic heterocycles. The number of ether oxygens (including phenoxy) is 4. The van der Waals surface area contributed by atoms with Crippen molar-refractivity contribution in [1.82, 2.24) is 35.6 Å². The third-order valence-electron chi connectivity index (χ3n) is 23.9. The third-order valence-corrected chi connectivity index (χ3v) is 23.9. The highest BCUT2D eigenvalue weighted by Gasteiger charge is 2.49. The summed E-state index contributed by atoms with van der Waals surface area (Å²) in [5, 5.41) is 42.3. The Morgan fingerprint density at radius 1 is 0.576 bits per heavy atom. The predicted molar refractivity (Wildman–Crippen MR) is 490 cm³/mol. The Morgan fingerprint density at radius 2 is 1.04 bits per heavy atom. The Kier molecular flexibility index (Phi) is 47.6. The Hall–Kier alpha value is -6.92. The van der Waals surface area contributed by atoms with Gasteiger partial charge in [-0.05, 0) is 283 Å². The van der Waals surface area contributed by atoms with E-state index in [1.807, 2.05) is 102 Å². The lowest BCUT2D eigenvalue weighted by Crippen LogP contribution is -2.68. The highest BCUT2D eigenvalue weighted by Crippen LogP contribution is 2.42. The second-order valence-corrected chi connectivity index (χ2v) is 42.5. The van der Waals surface area contributed by atoms with Crippen molar-refractivity contribution in [2.24, 2.45) is 88.6 Å². The molecule has 6 aliphatic carbocycles. The minimum absolute atomic E-state index is 0.0204. The van der Waals surface area contributed by atoms with Crippen LogP contribution in [0.4, 0.5) is 13.6 Å². The fourth-order valence-corrected chi connectivity index (χ4v) is 18.1. The molecule has 712 valence electrons. The predicted octanol–water partition coefficient (Wildman–Crippen LogP) is 18.1. The summed E-state index contributed by atoms with van der Waals surface area (Å²) >= 11 is 0. The molecule has 2 aromatic rings. The van der Waals surface area contributed by atoms with Crippen LogP contribution in [0, 0.1) is 106 Å². The first kappa shape index (κ1) is 110. The molecule has 0 radical (unpaired) electrons. The zero-order valence-corrected chi connectivity index (χ0v) is 80.9. The first-order valence-electron chi connectivity index (χ1n) is 47.5. The van der Waals surface area contributed by atoms with Gasteiger partial charge in [-0.25, -0.2) is 13.6 Å². The number of fused-ring (bicyclic) bond motifs is 4. The smallest absolute Gasteiger partial charge is 0.407 e. The van der Waals surface area contributed by atoms with E-state index in [-0.39, 0.29) is 119 Å². The van der Waals surface area contributed by atoms with Crippen molar-refractivity contribution in [2.75, 3.05) is 52.4 Å². The van der Waals surface area contributed by atoms with Crippen LogP contribution in [0.25, 0.3) is 0 Å². The number of amides is 2. The Labute approximate surface area is 749 Å². The van der Waals surface area contributed by atoms with E-state index in [4.69, 9.17) is 35.0 Å². The standard InChI is InChI=1S/C28H33F2N3O4.C16H32N2O2.C16H31NO2.C12H19NO2.C12H20O4.C11H24N2.C4H8O/c1-16(2)12-31-13-18-5-3-4-6-22(18)33-24(31)15-32-14-20(26(35)27(36)25(32)28(33)37)23(34)10-8-17-7-9-19(29)11-21(17)30;1-12(2)10-17-11-13-8-6-7-9-14(13)18-15(19)20-16(3,4)5;1-12(2)10-17-11-14-8-6-7-13(14)9-15(18)19-16(3,4)5;1-12(2,3)15-11(14)7-9-5-4-6-10(9)8-13;1-12(2,3)16-10(13)7-8-5-4-6-9(8)11(14)15;1-9(2)7-13-8-10-5-3-4-6-11(10)12;1-4(2)3-5/h7,9,11,14,16,18,22,24,36H,3-6,8,10,12-13,15H2,1-2H3;12-14,17H,6-11H2,1-5H3,(H,18,19);12-14,17H,6-11H2,1-5H3;9-10H,4-7H2,1-3H3;8-9H,4-7H2,1-3H3,(H,14,15);9-11,13H,3-8,12H2,1-2H3;3-4H,1-2H3/t18-,22-,24-;13-,14-;13-,14+;9-,10+;8-,9-;10-,11-;/m001110./s1. The number of esters is 3. The number of carboxylic acid groups (broad SMARTS) is 1. The van der Waals surface area contributed by atoms with Gasteiger partial charge in [0.15, 0.2) is 17.2 Å². The van der Waals surface area contributed by atoms with Gasteiger partial charge in [0.2, 0.25) is 5.43 Å². The minimum atomic E-state index is -0.890. The summed E-state index contributed by atoms with van der Waals surface area (Å²) in [5.41, 5.74) is 3.33. The van der Waals surface area contributed by atoms with Crippen LogP contribution in [-0.4, -0.2) is 172 Å². The number of carbonyl (C=O) groups excluding carboxylic acids is 7. The number of nitrogens with two attached hydrogens (primary N) is 1. The molecule has 1 aromatic carbocycles. The van der Waals surface area contributed by atoms with Crippen molar-refractivity contribution in [3.63, 3.8) is 0 Å². The number of nitriles is 1. The van der Waals surface area contributed by atoms with Crippen molar-refractivity contribution in [3.05, 3.63) is 63.1 Å². The molecule has 8 N–H and O–H groups in total. The Balaban J connectivity index is 0.000000325. The first-order chi connectivity index (χ1) is 58.4. The summed E-state index contributed by atoms with van der Waals surface area (Å²) < 4.78 is 50.0. The summed E-state index contributed by atoms with van der Waals surface area (Å²) in [6.45, 7) is 52.3. The molecule has 7 fully saturated rings. The maximum absolute atomic E-state index is 14.0. The lowest BCUT2D eigenvalue weighted by molar-refractivity contribution is -0.158. The van der Waals surface area contributed by atoms with E-state index < -0.39 is 51.4 Å². The van der Waals surface area contributed by atoms with Gasteiger partial charge in [-0.1, -0.05) is 133 Å². The second kappa shape index (κ2) is 53.9. The van der Waals surface area contributed by atoms with Gasteiger partial charge < -0.3 is 70.4 Å².